The highest BCUT2D eigenvalue weighted by molar-refractivity contribution is 5.80. The van der Waals surface area contributed by atoms with Crippen LogP contribution >= 0.6 is 0 Å². The second-order valence-electron chi connectivity index (χ2n) is 5.31. The van der Waals surface area contributed by atoms with E-state index in [1.54, 1.807) is 13.0 Å². The Bertz CT molecular complexity index is 633. The van der Waals surface area contributed by atoms with E-state index < -0.39 is 18.0 Å². The van der Waals surface area contributed by atoms with Gasteiger partial charge < -0.3 is 15.2 Å². The third-order valence-corrected chi connectivity index (χ3v) is 3.30. The Labute approximate surface area is 134 Å². The quantitative estimate of drug-likeness (QED) is 0.824. The molecule has 0 spiro atoms. The summed E-state index contributed by atoms with van der Waals surface area (Å²) in [6.07, 6.45) is -0.997. The number of hydrogen-bond donors (Lipinski definition) is 2. The highest BCUT2D eigenvalue weighted by Crippen LogP contribution is 2.13. The molecule has 0 fully saturated rings. The summed E-state index contributed by atoms with van der Waals surface area (Å²) in [4.78, 5) is 11.9. The number of carbonyl (C=O) groups is 1. The minimum Gasteiger partial charge on any atom is -0.481 e. The number of hydrogen-bond acceptors (Lipinski definition) is 3. The van der Waals surface area contributed by atoms with Gasteiger partial charge in [-0.2, -0.15) is 0 Å². The van der Waals surface area contributed by atoms with Crippen LogP contribution in [0.15, 0.2) is 54.6 Å². The SMILES string of the molecule is C[C@H](Oc1cccc(F)c1)C(=O)NC[C@@H](O)Cc1ccccc1. The van der Waals surface area contributed by atoms with E-state index in [1.807, 2.05) is 30.3 Å². The number of nitrogens with one attached hydrogen (secondary N) is 1. The van der Waals surface area contributed by atoms with E-state index in [4.69, 9.17) is 4.74 Å². The lowest BCUT2D eigenvalue weighted by Gasteiger charge is -2.17. The summed E-state index contributed by atoms with van der Waals surface area (Å²) in [6, 6.07) is 15.2. The van der Waals surface area contributed by atoms with Gasteiger partial charge in [-0.05, 0) is 24.6 Å². The van der Waals surface area contributed by atoms with Crippen LogP contribution in [0.5, 0.6) is 5.75 Å². The van der Waals surface area contributed by atoms with Crippen LogP contribution in [-0.2, 0) is 11.2 Å². The third kappa shape index (κ3) is 5.71. The molecular weight excluding hydrogens is 297 g/mol. The Morgan fingerprint density at radius 2 is 1.96 bits per heavy atom. The molecule has 2 atom stereocenters. The lowest BCUT2D eigenvalue weighted by Crippen LogP contribution is -2.40. The van der Waals surface area contributed by atoms with Gasteiger partial charge in [0.2, 0.25) is 0 Å². The average molecular weight is 317 g/mol. The van der Waals surface area contributed by atoms with Crippen molar-refractivity contribution in [3.8, 4) is 5.75 Å². The van der Waals surface area contributed by atoms with Gasteiger partial charge in [-0.3, -0.25) is 4.79 Å². The molecule has 0 unspecified atom stereocenters. The molecule has 0 aliphatic heterocycles. The molecule has 0 saturated carbocycles. The van der Waals surface area contributed by atoms with E-state index in [2.05, 4.69) is 5.32 Å². The second-order valence-corrected chi connectivity index (χ2v) is 5.31. The lowest BCUT2D eigenvalue weighted by atomic mass is 10.1. The first-order valence-electron chi connectivity index (χ1n) is 7.46. The topological polar surface area (TPSA) is 58.6 Å². The van der Waals surface area contributed by atoms with Gasteiger partial charge in [0.05, 0.1) is 6.10 Å². The maximum Gasteiger partial charge on any atom is 0.260 e. The van der Waals surface area contributed by atoms with Crippen molar-refractivity contribution in [2.75, 3.05) is 6.54 Å². The molecule has 0 radical (unpaired) electrons. The third-order valence-electron chi connectivity index (χ3n) is 3.30. The van der Waals surface area contributed by atoms with Crippen molar-refractivity contribution >= 4 is 5.91 Å². The number of amides is 1. The summed E-state index contributed by atoms with van der Waals surface area (Å²) in [6.45, 7) is 1.70. The van der Waals surface area contributed by atoms with E-state index in [0.29, 0.717) is 6.42 Å². The molecule has 5 heteroatoms. The van der Waals surface area contributed by atoms with Crippen LogP contribution in [-0.4, -0.2) is 29.8 Å². The molecule has 2 aromatic carbocycles. The first-order chi connectivity index (χ1) is 11.0. The number of carbonyl (C=O) groups excluding carboxylic acids is 1. The largest absolute Gasteiger partial charge is 0.481 e. The number of aliphatic hydroxyl groups is 1. The lowest BCUT2D eigenvalue weighted by molar-refractivity contribution is -0.127. The Hall–Kier alpha value is -2.40. The fraction of sp³-hybridized carbons (Fsp3) is 0.278. The number of halogens is 1. The van der Waals surface area contributed by atoms with Crippen LogP contribution in [0.25, 0.3) is 0 Å². The maximum atomic E-state index is 13.1. The molecule has 0 aromatic heterocycles. The minimum absolute atomic E-state index is 0.130. The molecule has 0 aliphatic carbocycles. The monoisotopic (exact) mass is 317 g/mol. The zero-order chi connectivity index (χ0) is 16.7. The van der Waals surface area contributed by atoms with Crippen LogP contribution in [0.4, 0.5) is 4.39 Å². The summed E-state index contributed by atoms with van der Waals surface area (Å²) >= 11 is 0. The van der Waals surface area contributed by atoms with Crippen molar-refractivity contribution in [2.24, 2.45) is 0 Å². The normalized spacial score (nSPS) is 13.2. The van der Waals surface area contributed by atoms with Crippen LogP contribution in [0.2, 0.25) is 0 Å². The van der Waals surface area contributed by atoms with Gasteiger partial charge >= 0.3 is 0 Å². The predicted molar refractivity (Wildman–Crippen MR) is 85.7 cm³/mol. The smallest absolute Gasteiger partial charge is 0.260 e. The van der Waals surface area contributed by atoms with Crippen LogP contribution in [0, 0.1) is 5.82 Å². The van der Waals surface area contributed by atoms with Gasteiger partial charge in [-0.15, -0.1) is 0 Å². The Kier molecular flexibility index (Phi) is 6.11. The summed E-state index contributed by atoms with van der Waals surface area (Å²) in [7, 11) is 0. The Morgan fingerprint density at radius 3 is 2.65 bits per heavy atom. The van der Waals surface area contributed by atoms with Crippen molar-refractivity contribution in [1.29, 1.82) is 0 Å². The summed E-state index contributed by atoms with van der Waals surface area (Å²) in [5.41, 5.74) is 0.998. The minimum atomic E-state index is -0.777. The van der Waals surface area contributed by atoms with Crippen LogP contribution in [0.3, 0.4) is 0 Å². The number of ether oxygens (including phenoxy) is 1. The van der Waals surface area contributed by atoms with E-state index in [1.165, 1.54) is 18.2 Å². The summed E-state index contributed by atoms with van der Waals surface area (Å²) in [5, 5.41) is 12.6. The second kappa shape index (κ2) is 8.29. The zero-order valence-corrected chi connectivity index (χ0v) is 12.9. The summed E-state index contributed by atoms with van der Waals surface area (Å²) < 4.78 is 18.4. The molecule has 2 rings (SSSR count). The van der Waals surface area contributed by atoms with Crippen molar-refractivity contribution in [3.63, 3.8) is 0 Å². The molecule has 0 saturated heterocycles. The van der Waals surface area contributed by atoms with Gasteiger partial charge in [0, 0.05) is 19.0 Å². The highest BCUT2D eigenvalue weighted by atomic mass is 19.1. The molecule has 0 aliphatic rings. The molecule has 2 aromatic rings. The number of rotatable bonds is 7. The van der Waals surface area contributed by atoms with E-state index in [9.17, 15) is 14.3 Å². The molecule has 122 valence electrons. The van der Waals surface area contributed by atoms with Crippen molar-refractivity contribution < 1.29 is 19.0 Å². The van der Waals surface area contributed by atoms with Gasteiger partial charge in [0.1, 0.15) is 11.6 Å². The maximum absolute atomic E-state index is 13.1. The first-order valence-corrected chi connectivity index (χ1v) is 7.46. The van der Waals surface area contributed by atoms with E-state index in [0.717, 1.165) is 5.56 Å². The van der Waals surface area contributed by atoms with Gasteiger partial charge in [0.15, 0.2) is 6.10 Å². The van der Waals surface area contributed by atoms with Gasteiger partial charge in [-0.1, -0.05) is 36.4 Å². The molecule has 4 nitrogen and oxygen atoms in total. The molecule has 23 heavy (non-hydrogen) atoms. The van der Waals surface area contributed by atoms with Crippen LogP contribution in [0.1, 0.15) is 12.5 Å². The molecule has 0 bridgehead atoms. The molecular formula is C18H20FNO3. The van der Waals surface area contributed by atoms with E-state index in [-0.39, 0.29) is 18.2 Å². The number of benzene rings is 2. The standard InChI is InChI=1S/C18H20FNO3/c1-13(23-17-9-5-8-15(19)11-17)18(22)20-12-16(21)10-14-6-3-2-4-7-14/h2-9,11,13,16,21H,10,12H2,1H3,(H,20,22)/t13-,16-/m0/s1. The first kappa shape index (κ1) is 17.0. The average Bonchev–Trinajstić information content (AvgIpc) is 2.53. The fourth-order valence-corrected chi connectivity index (χ4v) is 2.12. The van der Waals surface area contributed by atoms with Crippen molar-refractivity contribution in [1.82, 2.24) is 5.32 Å². The van der Waals surface area contributed by atoms with Gasteiger partial charge in [0.25, 0.3) is 5.91 Å². The highest BCUT2D eigenvalue weighted by Gasteiger charge is 2.16. The Morgan fingerprint density at radius 1 is 1.22 bits per heavy atom. The van der Waals surface area contributed by atoms with Gasteiger partial charge in [-0.25, -0.2) is 4.39 Å². The molecule has 0 heterocycles. The zero-order valence-electron chi connectivity index (χ0n) is 12.9. The fourth-order valence-electron chi connectivity index (χ4n) is 2.12. The Balaban J connectivity index is 1.77. The molecule has 1 amide bonds. The van der Waals surface area contributed by atoms with E-state index >= 15 is 0 Å². The van der Waals surface area contributed by atoms with Crippen molar-refractivity contribution in [3.05, 3.63) is 66.0 Å². The summed E-state index contributed by atoms with van der Waals surface area (Å²) in [5.74, 6) is -0.493. The predicted octanol–water partition coefficient (Wildman–Crippen LogP) is 2.31. The van der Waals surface area contributed by atoms with Crippen LogP contribution < -0.4 is 10.1 Å². The molecule has 2 N–H and O–H groups in total. The van der Waals surface area contributed by atoms with Crippen molar-refractivity contribution in [2.45, 2.75) is 25.6 Å². The number of aliphatic hydroxyl groups excluding tert-OH is 1.